The third-order valence-electron chi connectivity index (χ3n) is 2.24. The molecule has 0 aliphatic carbocycles. The molecule has 0 saturated heterocycles. The topological polar surface area (TPSA) is 53.2 Å². The number of aliphatic hydroxyl groups is 1. The highest BCUT2D eigenvalue weighted by molar-refractivity contribution is 4.53. The summed E-state index contributed by atoms with van der Waals surface area (Å²) in [7, 11) is 0. The third-order valence-corrected chi connectivity index (χ3v) is 2.24. The van der Waals surface area contributed by atoms with Crippen LogP contribution in [0.15, 0.2) is 0 Å². The van der Waals surface area contributed by atoms with Crippen LogP contribution in [0.25, 0.3) is 0 Å². The van der Waals surface area contributed by atoms with Crippen LogP contribution in [-0.2, 0) is 4.74 Å². The van der Waals surface area contributed by atoms with E-state index in [2.05, 4.69) is 11.7 Å². The van der Waals surface area contributed by atoms with E-state index < -0.39 is 6.29 Å². The van der Waals surface area contributed by atoms with Crippen molar-refractivity contribution >= 4 is 0 Å². The first kappa shape index (κ1) is 13.2. The molecule has 0 aliphatic heterocycles. The van der Waals surface area contributed by atoms with Crippen molar-refractivity contribution < 1.29 is 9.84 Å². The van der Waals surface area contributed by atoms with E-state index in [1.807, 2.05) is 0 Å². The summed E-state index contributed by atoms with van der Waals surface area (Å²) in [6.07, 6.45) is 9.63. The SMILES string of the molecule is CCCCCCCCCC(O)OC#N. The van der Waals surface area contributed by atoms with Gasteiger partial charge in [-0.1, -0.05) is 45.4 Å². The second-order valence-corrected chi connectivity index (χ2v) is 3.57. The first-order valence-electron chi connectivity index (χ1n) is 5.54. The van der Waals surface area contributed by atoms with Gasteiger partial charge in [0, 0.05) is 6.42 Å². The van der Waals surface area contributed by atoms with Gasteiger partial charge in [0.15, 0.2) is 0 Å². The summed E-state index contributed by atoms with van der Waals surface area (Å²) in [5.74, 6) is 0. The second-order valence-electron chi connectivity index (χ2n) is 3.57. The Morgan fingerprint density at radius 1 is 1.14 bits per heavy atom. The zero-order valence-electron chi connectivity index (χ0n) is 9.04. The van der Waals surface area contributed by atoms with Gasteiger partial charge in [-0.25, -0.2) is 0 Å². The Hall–Kier alpha value is -0.750. The molecule has 14 heavy (non-hydrogen) atoms. The van der Waals surface area contributed by atoms with Gasteiger partial charge < -0.3 is 9.84 Å². The number of ether oxygens (including phenoxy) is 1. The molecule has 0 bridgehead atoms. The molecule has 0 heterocycles. The van der Waals surface area contributed by atoms with Crippen molar-refractivity contribution in [1.82, 2.24) is 0 Å². The Balaban J connectivity index is 3.02. The van der Waals surface area contributed by atoms with Crippen LogP contribution in [0.2, 0.25) is 0 Å². The summed E-state index contributed by atoms with van der Waals surface area (Å²) >= 11 is 0. The van der Waals surface area contributed by atoms with Gasteiger partial charge in [0.05, 0.1) is 0 Å². The highest BCUT2D eigenvalue weighted by Crippen LogP contribution is 2.09. The minimum atomic E-state index is -0.893. The molecule has 0 amide bonds. The Kier molecular flexibility index (Phi) is 9.78. The van der Waals surface area contributed by atoms with Crippen molar-refractivity contribution in [2.24, 2.45) is 0 Å². The highest BCUT2D eigenvalue weighted by atomic mass is 16.6. The first-order valence-corrected chi connectivity index (χ1v) is 5.54. The third kappa shape index (κ3) is 9.34. The van der Waals surface area contributed by atoms with Gasteiger partial charge in [0.25, 0.3) is 6.26 Å². The quantitative estimate of drug-likeness (QED) is 0.353. The summed E-state index contributed by atoms with van der Waals surface area (Å²) in [5, 5.41) is 17.1. The smallest absolute Gasteiger partial charge is 0.289 e. The fraction of sp³-hybridized carbons (Fsp3) is 0.909. The molecule has 0 fully saturated rings. The van der Waals surface area contributed by atoms with Crippen LogP contribution in [0, 0.1) is 11.5 Å². The molecule has 1 atom stereocenters. The van der Waals surface area contributed by atoms with E-state index in [1.165, 1.54) is 38.4 Å². The standard InChI is InChI=1S/C11H21NO2/c1-2-3-4-5-6-7-8-9-11(13)14-10-12/h11,13H,2-9H2,1H3. The number of unbranched alkanes of at least 4 members (excludes halogenated alkanes) is 6. The molecule has 1 unspecified atom stereocenters. The van der Waals surface area contributed by atoms with E-state index in [0.29, 0.717) is 6.42 Å². The molecule has 3 heteroatoms. The molecular weight excluding hydrogens is 178 g/mol. The van der Waals surface area contributed by atoms with E-state index in [4.69, 9.17) is 10.4 Å². The van der Waals surface area contributed by atoms with Crippen molar-refractivity contribution in [2.45, 2.75) is 64.6 Å². The minimum absolute atomic E-state index is 0.571. The summed E-state index contributed by atoms with van der Waals surface area (Å²) in [6, 6.07) is 0. The largest absolute Gasteiger partial charge is 0.396 e. The fourth-order valence-electron chi connectivity index (χ4n) is 1.40. The first-order chi connectivity index (χ1) is 6.81. The Bertz CT molecular complexity index is 154. The van der Waals surface area contributed by atoms with Crippen LogP contribution in [0.1, 0.15) is 58.3 Å². The van der Waals surface area contributed by atoms with Crippen LogP contribution < -0.4 is 0 Å². The van der Waals surface area contributed by atoms with Gasteiger partial charge >= 0.3 is 0 Å². The van der Waals surface area contributed by atoms with E-state index in [1.54, 1.807) is 0 Å². The maximum Gasteiger partial charge on any atom is 0.289 e. The molecule has 82 valence electrons. The lowest BCUT2D eigenvalue weighted by atomic mass is 10.1. The van der Waals surface area contributed by atoms with E-state index in [-0.39, 0.29) is 0 Å². The van der Waals surface area contributed by atoms with Gasteiger partial charge in [0.2, 0.25) is 6.29 Å². The molecule has 0 rings (SSSR count). The zero-order chi connectivity index (χ0) is 10.6. The molecule has 3 nitrogen and oxygen atoms in total. The predicted molar refractivity (Wildman–Crippen MR) is 55.3 cm³/mol. The van der Waals surface area contributed by atoms with E-state index >= 15 is 0 Å². The van der Waals surface area contributed by atoms with Crippen molar-refractivity contribution in [3.8, 4) is 6.26 Å². The van der Waals surface area contributed by atoms with Crippen molar-refractivity contribution in [2.75, 3.05) is 0 Å². The molecule has 0 aliphatic rings. The van der Waals surface area contributed by atoms with Gasteiger partial charge in [-0.3, -0.25) is 0 Å². The lowest BCUT2D eigenvalue weighted by molar-refractivity contribution is -0.0484. The molecule has 0 saturated carbocycles. The number of aliphatic hydroxyl groups excluding tert-OH is 1. The fourth-order valence-corrected chi connectivity index (χ4v) is 1.40. The van der Waals surface area contributed by atoms with Crippen LogP contribution in [-0.4, -0.2) is 11.4 Å². The summed E-state index contributed by atoms with van der Waals surface area (Å²) in [6.45, 7) is 2.20. The van der Waals surface area contributed by atoms with Gasteiger partial charge in [-0.2, -0.15) is 5.26 Å². The van der Waals surface area contributed by atoms with Crippen molar-refractivity contribution in [3.63, 3.8) is 0 Å². The Morgan fingerprint density at radius 2 is 1.71 bits per heavy atom. The molecule has 0 aromatic rings. The average Bonchev–Trinajstić information content (AvgIpc) is 2.17. The lowest BCUT2D eigenvalue weighted by Gasteiger charge is -2.05. The normalized spacial score (nSPS) is 12.1. The Labute approximate surface area is 86.7 Å². The van der Waals surface area contributed by atoms with Crippen LogP contribution in [0.4, 0.5) is 0 Å². The highest BCUT2D eigenvalue weighted by Gasteiger charge is 2.02. The summed E-state index contributed by atoms with van der Waals surface area (Å²) < 4.78 is 4.35. The van der Waals surface area contributed by atoms with Gasteiger partial charge in [-0.15, -0.1) is 0 Å². The summed E-state index contributed by atoms with van der Waals surface area (Å²) in [4.78, 5) is 0. The van der Waals surface area contributed by atoms with Crippen LogP contribution in [0.5, 0.6) is 0 Å². The molecule has 1 N–H and O–H groups in total. The summed E-state index contributed by atoms with van der Waals surface area (Å²) in [5.41, 5.74) is 0. The number of nitrogens with zero attached hydrogens (tertiary/aromatic N) is 1. The molecule has 0 aromatic heterocycles. The van der Waals surface area contributed by atoms with Crippen LogP contribution >= 0.6 is 0 Å². The monoisotopic (exact) mass is 199 g/mol. The molecule has 0 radical (unpaired) electrons. The molecule has 0 spiro atoms. The van der Waals surface area contributed by atoms with Gasteiger partial charge in [0.1, 0.15) is 0 Å². The van der Waals surface area contributed by atoms with Crippen LogP contribution in [0.3, 0.4) is 0 Å². The van der Waals surface area contributed by atoms with E-state index in [9.17, 15) is 0 Å². The van der Waals surface area contributed by atoms with Crippen molar-refractivity contribution in [1.29, 1.82) is 5.26 Å². The second kappa shape index (κ2) is 10.3. The van der Waals surface area contributed by atoms with Crippen molar-refractivity contribution in [3.05, 3.63) is 0 Å². The maximum absolute atomic E-state index is 9.05. The maximum atomic E-state index is 9.05. The van der Waals surface area contributed by atoms with E-state index in [0.717, 1.165) is 12.8 Å². The number of nitriles is 1. The molecular formula is C11H21NO2. The lowest BCUT2D eigenvalue weighted by Crippen LogP contribution is -2.07. The zero-order valence-corrected chi connectivity index (χ0v) is 9.04. The average molecular weight is 199 g/mol. The number of hydrogen-bond acceptors (Lipinski definition) is 3. The predicted octanol–water partition coefficient (Wildman–Crippen LogP) is 2.94. The minimum Gasteiger partial charge on any atom is -0.396 e. The molecule has 0 aromatic carbocycles. The van der Waals surface area contributed by atoms with Gasteiger partial charge in [-0.05, 0) is 6.42 Å². The number of rotatable bonds is 9. The number of hydrogen-bond donors (Lipinski definition) is 1. The Morgan fingerprint density at radius 3 is 2.29 bits per heavy atom.